The number of nitrogens with two attached hydrogens (primary N) is 1. The molecule has 4 atom stereocenters. The molecule has 0 unspecified atom stereocenters. The zero-order chi connectivity index (χ0) is 16.2. The monoisotopic (exact) mass is 343 g/mol. The van der Waals surface area contributed by atoms with Crippen LogP contribution in [0.2, 0.25) is 0 Å². The smallest absolute Gasteiger partial charge is 0.350 e. The summed E-state index contributed by atoms with van der Waals surface area (Å²) in [5, 5.41) is 0. The molecule has 2 fully saturated rings. The zero-order valence-electron chi connectivity index (χ0n) is 11.7. The van der Waals surface area contributed by atoms with Gasteiger partial charge in [0.2, 0.25) is 0 Å². The first kappa shape index (κ1) is 14.9. The molecule has 0 saturated carbocycles. The quantitative estimate of drug-likeness (QED) is 0.602. The van der Waals surface area contributed by atoms with Gasteiger partial charge in [-0.1, -0.05) is 0 Å². The number of rotatable bonds is 4. The summed E-state index contributed by atoms with van der Waals surface area (Å²) in [5.41, 5.74) is 6.70. The number of nitrogen functional groups attached to an aromatic ring is 1. The van der Waals surface area contributed by atoms with E-state index in [1.807, 2.05) is 0 Å². The van der Waals surface area contributed by atoms with Gasteiger partial charge in [0.25, 0.3) is 0 Å². The minimum absolute atomic E-state index is 0.257. The molecule has 2 aromatic rings. The fourth-order valence-corrected chi connectivity index (χ4v) is 3.26. The van der Waals surface area contributed by atoms with E-state index in [1.165, 1.54) is 12.7 Å². The van der Waals surface area contributed by atoms with Gasteiger partial charge < -0.3 is 29.7 Å². The molecule has 4 heterocycles. The van der Waals surface area contributed by atoms with Crippen LogP contribution in [-0.2, 0) is 18.8 Å². The average molecular weight is 343 g/mol. The van der Waals surface area contributed by atoms with Crippen molar-refractivity contribution < 1.29 is 28.6 Å². The fourth-order valence-electron chi connectivity index (χ4n) is 2.89. The van der Waals surface area contributed by atoms with Crippen LogP contribution < -0.4 is 5.73 Å². The molecular formula is C11H14N5O6P. The summed E-state index contributed by atoms with van der Waals surface area (Å²) < 4.78 is 29.4. The second kappa shape index (κ2) is 5.20. The summed E-state index contributed by atoms with van der Waals surface area (Å²) in [4.78, 5) is 30.1. The van der Waals surface area contributed by atoms with Crippen LogP contribution >= 0.6 is 7.60 Å². The normalized spacial score (nSPS) is 30.3. The number of fused-ring (bicyclic) bond motifs is 3. The molecule has 23 heavy (non-hydrogen) atoms. The van der Waals surface area contributed by atoms with E-state index < -0.39 is 38.5 Å². The Kier molecular flexibility index (Phi) is 3.38. The van der Waals surface area contributed by atoms with Gasteiger partial charge in [-0.05, 0) is 0 Å². The molecule has 4 rings (SSSR count). The van der Waals surface area contributed by atoms with Crippen molar-refractivity contribution in [1.29, 1.82) is 0 Å². The van der Waals surface area contributed by atoms with E-state index in [1.54, 1.807) is 4.57 Å². The zero-order valence-corrected chi connectivity index (χ0v) is 12.6. The van der Waals surface area contributed by atoms with Gasteiger partial charge in [0, 0.05) is 0 Å². The Hall–Kier alpha value is -1.62. The Balaban J connectivity index is 1.61. The lowest BCUT2D eigenvalue weighted by molar-refractivity contribution is -0.125. The maximum absolute atomic E-state index is 11.0. The third kappa shape index (κ3) is 2.51. The van der Waals surface area contributed by atoms with Crippen molar-refractivity contribution in [1.82, 2.24) is 19.5 Å². The topological polar surface area (TPSA) is 155 Å². The number of nitrogens with zero attached hydrogens (tertiary/aromatic N) is 4. The summed E-state index contributed by atoms with van der Waals surface area (Å²) in [6.07, 6.45) is 0.118. The van der Waals surface area contributed by atoms with Crippen molar-refractivity contribution in [2.45, 2.75) is 24.5 Å². The predicted molar refractivity (Wildman–Crippen MR) is 75.2 cm³/mol. The van der Waals surface area contributed by atoms with Gasteiger partial charge in [0.1, 0.15) is 36.5 Å². The minimum Gasteiger partial charge on any atom is -0.382 e. The molecule has 2 bridgehead atoms. The SMILES string of the molecule is Nc1ncnc2c1ncn2[C@@H]1O[C@H]2CO[C@@H]1[C@H]2OCP(=O)(O)O. The molecule has 0 spiro atoms. The van der Waals surface area contributed by atoms with E-state index >= 15 is 0 Å². The molecule has 0 aromatic carbocycles. The maximum atomic E-state index is 11.0. The highest BCUT2D eigenvalue weighted by molar-refractivity contribution is 7.51. The lowest BCUT2D eigenvalue weighted by atomic mass is 10.2. The first-order valence-corrected chi connectivity index (χ1v) is 8.60. The number of imidazole rings is 1. The van der Waals surface area contributed by atoms with Gasteiger partial charge in [0.05, 0.1) is 12.9 Å². The van der Waals surface area contributed by atoms with Gasteiger partial charge in [-0.2, -0.15) is 0 Å². The first-order chi connectivity index (χ1) is 10.9. The average Bonchev–Trinajstić information content (AvgIpc) is 3.16. The third-order valence-electron chi connectivity index (χ3n) is 3.83. The number of aromatic nitrogens is 4. The van der Waals surface area contributed by atoms with Gasteiger partial charge in [0.15, 0.2) is 17.7 Å². The Morgan fingerprint density at radius 3 is 3.04 bits per heavy atom. The standard InChI is InChI=1S/C11H14N5O6P/c12-9-6-10(14-2-13-9)16(3-15-6)11-8-7(5(22-11)1-20-8)21-4-23(17,18)19/h2-3,5,7-8,11H,1,4H2,(H2,12,13,14)(H2,17,18,19)/t5-,7-,8+,11+/m0/s1. The van der Waals surface area contributed by atoms with Crippen molar-refractivity contribution in [2.24, 2.45) is 0 Å². The number of anilines is 1. The Morgan fingerprint density at radius 2 is 2.26 bits per heavy atom. The van der Waals surface area contributed by atoms with Crippen LogP contribution in [0.3, 0.4) is 0 Å². The third-order valence-corrected chi connectivity index (χ3v) is 4.32. The largest absolute Gasteiger partial charge is 0.382 e. The van der Waals surface area contributed by atoms with E-state index in [0.29, 0.717) is 17.8 Å². The molecule has 0 amide bonds. The summed E-state index contributed by atoms with van der Waals surface area (Å²) in [7, 11) is -4.26. The van der Waals surface area contributed by atoms with Crippen molar-refractivity contribution in [3.63, 3.8) is 0 Å². The highest BCUT2D eigenvalue weighted by Crippen LogP contribution is 2.43. The second-order valence-corrected chi connectivity index (χ2v) is 6.96. The van der Waals surface area contributed by atoms with E-state index in [-0.39, 0.29) is 5.82 Å². The molecular weight excluding hydrogens is 329 g/mol. The number of ether oxygens (including phenoxy) is 3. The van der Waals surface area contributed by atoms with Gasteiger partial charge >= 0.3 is 7.60 Å². The summed E-state index contributed by atoms with van der Waals surface area (Å²) in [5.74, 6) is 0.257. The Labute approximate surface area is 129 Å². The fraction of sp³-hybridized carbons (Fsp3) is 0.545. The molecule has 12 heteroatoms. The van der Waals surface area contributed by atoms with Crippen LogP contribution in [0.4, 0.5) is 5.82 Å². The highest BCUT2D eigenvalue weighted by atomic mass is 31.2. The van der Waals surface area contributed by atoms with Crippen LogP contribution in [0.1, 0.15) is 6.23 Å². The summed E-state index contributed by atoms with van der Waals surface area (Å²) in [6.45, 7) is 0.302. The molecule has 0 aliphatic carbocycles. The van der Waals surface area contributed by atoms with E-state index in [2.05, 4.69) is 15.0 Å². The lowest BCUT2D eigenvalue weighted by Crippen LogP contribution is -2.29. The number of hydrogen-bond acceptors (Lipinski definition) is 8. The van der Waals surface area contributed by atoms with E-state index in [9.17, 15) is 4.57 Å². The van der Waals surface area contributed by atoms with Gasteiger partial charge in [-0.25, -0.2) is 15.0 Å². The van der Waals surface area contributed by atoms with Crippen LogP contribution in [0, 0.1) is 0 Å². The Bertz CT molecular complexity index is 792. The summed E-state index contributed by atoms with van der Waals surface area (Å²) >= 11 is 0. The number of hydrogen-bond donors (Lipinski definition) is 3. The summed E-state index contributed by atoms with van der Waals surface area (Å²) in [6, 6.07) is 0. The van der Waals surface area contributed by atoms with Crippen LogP contribution in [0.15, 0.2) is 12.7 Å². The van der Waals surface area contributed by atoms with Gasteiger partial charge in [-0.15, -0.1) is 0 Å². The van der Waals surface area contributed by atoms with Crippen molar-refractivity contribution >= 4 is 24.6 Å². The molecule has 0 radical (unpaired) electrons. The van der Waals surface area contributed by atoms with Crippen LogP contribution in [-0.4, -0.2) is 60.6 Å². The first-order valence-electron chi connectivity index (χ1n) is 6.80. The maximum Gasteiger partial charge on any atom is 0.350 e. The van der Waals surface area contributed by atoms with Crippen molar-refractivity contribution in [2.75, 3.05) is 18.7 Å². The van der Waals surface area contributed by atoms with Crippen molar-refractivity contribution in [3.8, 4) is 0 Å². The van der Waals surface area contributed by atoms with Gasteiger partial charge in [-0.3, -0.25) is 9.13 Å². The molecule has 11 nitrogen and oxygen atoms in total. The van der Waals surface area contributed by atoms with Crippen molar-refractivity contribution in [3.05, 3.63) is 12.7 Å². The molecule has 2 aliphatic heterocycles. The van der Waals surface area contributed by atoms with E-state index in [0.717, 1.165) is 0 Å². The Morgan fingerprint density at radius 1 is 1.43 bits per heavy atom. The molecule has 4 N–H and O–H groups in total. The predicted octanol–water partition coefficient (Wildman–Crippen LogP) is -0.775. The molecule has 124 valence electrons. The molecule has 2 saturated heterocycles. The minimum atomic E-state index is -4.26. The van der Waals surface area contributed by atoms with E-state index in [4.69, 9.17) is 29.7 Å². The second-order valence-electron chi connectivity index (χ2n) is 5.37. The van der Waals surface area contributed by atoms with Crippen LogP contribution in [0.5, 0.6) is 0 Å². The molecule has 2 aliphatic rings. The van der Waals surface area contributed by atoms with Crippen LogP contribution in [0.25, 0.3) is 11.2 Å². The molecule has 2 aromatic heterocycles. The highest BCUT2D eigenvalue weighted by Gasteiger charge is 2.53. The lowest BCUT2D eigenvalue weighted by Gasteiger charge is -2.23.